The number of halogens is 1. The molecule has 1 aromatic carbocycles. The topological polar surface area (TPSA) is 9.23 Å². The van der Waals surface area contributed by atoms with Crippen molar-refractivity contribution in [1.29, 1.82) is 0 Å². The Bertz CT molecular complexity index is 265. The fraction of sp³-hybridized carbons (Fsp3) is 0.333. The molecule has 1 aliphatic rings. The fourth-order valence-corrected chi connectivity index (χ4v) is 1.71. The summed E-state index contributed by atoms with van der Waals surface area (Å²) in [5.74, 6) is 0. The molecule has 1 aliphatic heterocycles. The fourth-order valence-electron chi connectivity index (χ4n) is 1.32. The molecule has 0 aliphatic carbocycles. The van der Waals surface area contributed by atoms with Gasteiger partial charge in [0.1, 0.15) is 0 Å². The van der Waals surface area contributed by atoms with E-state index in [1.807, 2.05) is 0 Å². The Morgan fingerprint density at radius 2 is 1.91 bits per heavy atom. The molecule has 1 aromatic rings. The van der Waals surface area contributed by atoms with Crippen LogP contribution >= 0.6 is 15.9 Å². The smallest absolute Gasteiger partial charge is 0.0725 e. The van der Waals surface area contributed by atoms with Gasteiger partial charge in [-0.15, -0.1) is 0 Å². The van der Waals surface area contributed by atoms with E-state index in [1.54, 1.807) is 0 Å². The van der Waals surface area contributed by atoms with Crippen LogP contribution in [0.25, 0.3) is 0 Å². The minimum Gasteiger partial charge on any atom is -0.372 e. The highest BCUT2D eigenvalue weighted by molar-refractivity contribution is 9.10. The van der Waals surface area contributed by atoms with E-state index in [1.165, 1.54) is 21.2 Å². The van der Waals surface area contributed by atoms with Crippen molar-refractivity contribution in [3.8, 4) is 0 Å². The number of benzene rings is 1. The molecule has 1 nitrogen and oxygen atoms in total. The molecule has 0 aromatic heterocycles. The number of rotatable bonds is 0. The zero-order chi connectivity index (χ0) is 7.84. The molecule has 0 atom stereocenters. The molecule has 58 valence electrons. The lowest BCUT2D eigenvalue weighted by atomic mass is 10.1. The van der Waals surface area contributed by atoms with Gasteiger partial charge in [0.2, 0.25) is 0 Å². The number of aryl methyl sites for hydroxylation is 1. The molecule has 0 N–H and O–H groups in total. The third-order valence-corrected chi connectivity index (χ3v) is 2.85. The summed E-state index contributed by atoms with van der Waals surface area (Å²) in [6.07, 6.45) is 0. The molecule has 0 bridgehead atoms. The van der Waals surface area contributed by atoms with Gasteiger partial charge in [0.25, 0.3) is 0 Å². The van der Waals surface area contributed by atoms with Gasteiger partial charge in [-0.2, -0.15) is 0 Å². The van der Waals surface area contributed by atoms with E-state index in [0.717, 1.165) is 13.2 Å². The van der Waals surface area contributed by atoms with Crippen molar-refractivity contribution < 1.29 is 4.74 Å². The Morgan fingerprint density at radius 1 is 1.27 bits per heavy atom. The van der Waals surface area contributed by atoms with Gasteiger partial charge in [0.05, 0.1) is 13.2 Å². The molecular weight excluding hydrogens is 204 g/mol. The van der Waals surface area contributed by atoms with Crippen LogP contribution in [0, 0.1) is 6.92 Å². The van der Waals surface area contributed by atoms with Crippen LogP contribution in [0.2, 0.25) is 0 Å². The summed E-state index contributed by atoms with van der Waals surface area (Å²) in [5, 5.41) is 0. The minimum absolute atomic E-state index is 0.772. The third-order valence-electron chi connectivity index (χ3n) is 2.00. The van der Waals surface area contributed by atoms with Gasteiger partial charge in [0, 0.05) is 4.47 Å². The lowest BCUT2D eigenvalue weighted by molar-refractivity contribution is 0.134. The summed E-state index contributed by atoms with van der Waals surface area (Å²) in [7, 11) is 0. The van der Waals surface area contributed by atoms with E-state index in [0.29, 0.717) is 0 Å². The molecule has 0 saturated heterocycles. The molecular formula is C9H9BrO. The van der Waals surface area contributed by atoms with Crippen LogP contribution in [0.15, 0.2) is 16.6 Å². The molecule has 0 amide bonds. The van der Waals surface area contributed by atoms with Crippen LogP contribution in [-0.2, 0) is 18.0 Å². The van der Waals surface area contributed by atoms with Crippen LogP contribution < -0.4 is 0 Å². The van der Waals surface area contributed by atoms with E-state index in [-0.39, 0.29) is 0 Å². The Balaban J connectivity index is 2.57. The zero-order valence-corrected chi connectivity index (χ0v) is 7.94. The van der Waals surface area contributed by atoms with Crippen molar-refractivity contribution in [3.63, 3.8) is 0 Å². The van der Waals surface area contributed by atoms with Gasteiger partial charge in [-0.3, -0.25) is 0 Å². The first-order valence-electron chi connectivity index (χ1n) is 3.63. The van der Waals surface area contributed by atoms with E-state index < -0.39 is 0 Å². The Kier molecular flexibility index (Phi) is 1.74. The average molecular weight is 213 g/mol. The summed E-state index contributed by atoms with van der Waals surface area (Å²) in [6, 6.07) is 4.34. The standard InChI is InChI=1S/C9H9BrO/c1-6-2-7-4-11-5-8(7)3-9(6)10/h2-3H,4-5H2,1H3. The molecule has 2 heteroatoms. The Morgan fingerprint density at radius 3 is 2.64 bits per heavy atom. The number of hydrogen-bond acceptors (Lipinski definition) is 1. The maximum Gasteiger partial charge on any atom is 0.0725 e. The van der Waals surface area contributed by atoms with Crippen LogP contribution in [0.3, 0.4) is 0 Å². The van der Waals surface area contributed by atoms with Gasteiger partial charge in [-0.25, -0.2) is 0 Å². The molecule has 0 spiro atoms. The largest absolute Gasteiger partial charge is 0.372 e. The summed E-state index contributed by atoms with van der Waals surface area (Å²) in [6.45, 7) is 3.65. The van der Waals surface area contributed by atoms with Crippen molar-refractivity contribution in [1.82, 2.24) is 0 Å². The average Bonchev–Trinajstić information content (AvgIpc) is 2.36. The highest BCUT2D eigenvalue weighted by Crippen LogP contribution is 2.26. The van der Waals surface area contributed by atoms with Gasteiger partial charge in [-0.05, 0) is 29.7 Å². The zero-order valence-electron chi connectivity index (χ0n) is 6.36. The second-order valence-corrected chi connectivity index (χ2v) is 3.72. The normalized spacial score (nSPS) is 15.1. The SMILES string of the molecule is Cc1cc2c(cc1Br)COC2. The second kappa shape index (κ2) is 2.61. The molecule has 0 radical (unpaired) electrons. The molecule has 0 fully saturated rings. The maximum absolute atomic E-state index is 5.30. The number of fused-ring (bicyclic) bond motifs is 1. The second-order valence-electron chi connectivity index (χ2n) is 2.86. The van der Waals surface area contributed by atoms with Crippen LogP contribution in [0.1, 0.15) is 16.7 Å². The Hall–Kier alpha value is -0.340. The lowest BCUT2D eigenvalue weighted by Crippen LogP contribution is -1.84. The minimum atomic E-state index is 0.772. The van der Waals surface area contributed by atoms with Crippen LogP contribution in [0.4, 0.5) is 0 Å². The maximum atomic E-state index is 5.30. The molecule has 11 heavy (non-hydrogen) atoms. The van der Waals surface area contributed by atoms with Gasteiger partial charge < -0.3 is 4.74 Å². The van der Waals surface area contributed by atoms with E-state index in [9.17, 15) is 0 Å². The number of hydrogen-bond donors (Lipinski definition) is 0. The van der Waals surface area contributed by atoms with E-state index in [2.05, 4.69) is 35.0 Å². The highest BCUT2D eigenvalue weighted by Gasteiger charge is 2.11. The van der Waals surface area contributed by atoms with Crippen molar-refractivity contribution in [3.05, 3.63) is 33.3 Å². The molecule has 1 heterocycles. The summed E-state index contributed by atoms with van der Waals surface area (Å²) in [4.78, 5) is 0. The molecule has 0 saturated carbocycles. The van der Waals surface area contributed by atoms with Crippen molar-refractivity contribution in [2.24, 2.45) is 0 Å². The van der Waals surface area contributed by atoms with Crippen molar-refractivity contribution >= 4 is 15.9 Å². The summed E-state index contributed by atoms with van der Waals surface area (Å²) in [5.41, 5.74) is 3.95. The summed E-state index contributed by atoms with van der Waals surface area (Å²) >= 11 is 3.49. The monoisotopic (exact) mass is 212 g/mol. The van der Waals surface area contributed by atoms with E-state index in [4.69, 9.17) is 4.74 Å². The molecule has 2 rings (SSSR count). The predicted octanol–water partition coefficient (Wildman–Crippen LogP) is 2.79. The summed E-state index contributed by atoms with van der Waals surface area (Å²) < 4.78 is 6.49. The first-order valence-corrected chi connectivity index (χ1v) is 4.42. The molecule has 0 unspecified atom stereocenters. The lowest BCUT2D eigenvalue weighted by Gasteiger charge is -2.00. The predicted molar refractivity (Wildman–Crippen MR) is 47.4 cm³/mol. The highest BCUT2D eigenvalue weighted by atomic mass is 79.9. The van der Waals surface area contributed by atoms with Gasteiger partial charge >= 0.3 is 0 Å². The van der Waals surface area contributed by atoms with Crippen LogP contribution in [0.5, 0.6) is 0 Å². The Labute approximate surface area is 74.5 Å². The first kappa shape index (κ1) is 7.32. The first-order chi connectivity index (χ1) is 5.27. The van der Waals surface area contributed by atoms with Gasteiger partial charge in [0.15, 0.2) is 0 Å². The quantitative estimate of drug-likeness (QED) is 0.643. The van der Waals surface area contributed by atoms with E-state index >= 15 is 0 Å². The van der Waals surface area contributed by atoms with Crippen molar-refractivity contribution in [2.75, 3.05) is 0 Å². The third kappa shape index (κ3) is 1.21. The van der Waals surface area contributed by atoms with Crippen molar-refractivity contribution in [2.45, 2.75) is 20.1 Å². The van der Waals surface area contributed by atoms with Gasteiger partial charge in [-0.1, -0.05) is 22.0 Å². The van der Waals surface area contributed by atoms with Crippen LogP contribution in [-0.4, -0.2) is 0 Å². The number of ether oxygens (including phenoxy) is 1.